The van der Waals surface area contributed by atoms with Crippen molar-refractivity contribution in [2.75, 3.05) is 0 Å². The Morgan fingerprint density at radius 1 is 1.30 bits per heavy atom. The summed E-state index contributed by atoms with van der Waals surface area (Å²) in [5, 5.41) is 3.41. The molecule has 104 valence electrons. The number of carbonyl (C=O) groups is 1. The molecular weight excluding hydrogens is 275 g/mol. The summed E-state index contributed by atoms with van der Waals surface area (Å²) in [5.74, 6) is -0.343. The molecule has 1 atom stereocenters. The molecule has 3 nitrogen and oxygen atoms in total. The van der Waals surface area contributed by atoms with E-state index in [9.17, 15) is 9.18 Å². The third-order valence-electron chi connectivity index (χ3n) is 2.68. The molecule has 0 bridgehead atoms. The van der Waals surface area contributed by atoms with Crippen molar-refractivity contribution in [2.45, 2.75) is 23.7 Å². The van der Waals surface area contributed by atoms with E-state index in [4.69, 9.17) is 0 Å². The summed E-state index contributed by atoms with van der Waals surface area (Å²) in [6.45, 7) is 2.23. The molecule has 2 aromatic rings. The van der Waals surface area contributed by atoms with E-state index in [0.29, 0.717) is 6.54 Å². The maximum absolute atomic E-state index is 12.8. The van der Waals surface area contributed by atoms with Crippen molar-refractivity contribution in [3.05, 3.63) is 60.0 Å². The molecule has 0 fully saturated rings. The van der Waals surface area contributed by atoms with Crippen LogP contribution in [0.2, 0.25) is 0 Å². The van der Waals surface area contributed by atoms with Crippen molar-refractivity contribution >= 4 is 17.7 Å². The summed E-state index contributed by atoms with van der Waals surface area (Å²) in [5.41, 5.74) is 0.870. The predicted molar refractivity (Wildman–Crippen MR) is 77.8 cm³/mol. The van der Waals surface area contributed by atoms with Gasteiger partial charge in [0.05, 0.1) is 10.3 Å². The molecule has 0 unspecified atom stereocenters. The maximum Gasteiger partial charge on any atom is 0.233 e. The van der Waals surface area contributed by atoms with Crippen LogP contribution in [-0.2, 0) is 11.3 Å². The van der Waals surface area contributed by atoms with Crippen LogP contribution in [0.15, 0.2) is 53.7 Å². The second-order valence-corrected chi connectivity index (χ2v) is 5.63. The van der Waals surface area contributed by atoms with Gasteiger partial charge in [-0.25, -0.2) is 9.37 Å². The van der Waals surface area contributed by atoms with Crippen LogP contribution in [-0.4, -0.2) is 16.1 Å². The minimum absolute atomic E-state index is 0.0648. The number of rotatable bonds is 5. The number of aromatic nitrogens is 1. The standard InChI is InChI=1S/C15H15FN2OS/c1-11(20-14-4-2-3-9-17-14)15(19)18-10-12-5-7-13(16)8-6-12/h2-9,11H,10H2,1H3,(H,18,19)/t11-/m0/s1. The van der Waals surface area contributed by atoms with Crippen molar-refractivity contribution < 1.29 is 9.18 Å². The fraction of sp³-hybridized carbons (Fsp3) is 0.200. The van der Waals surface area contributed by atoms with E-state index in [1.807, 2.05) is 25.1 Å². The van der Waals surface area contributed by atoms with Gasteiger partial charge >= 0.3 is 0 Å². The van der Waals surface area contributed by atoms with Crippen LogP contribution in [0, 0.1) is 5.82 Å². The van der Waals surface area contributed by atoms with Gasteiger partial charge in [-0.2, -0.15) is 0 Å². The number of halogens is 1. The molecule has 0 radical (unpaired) electrons. The molecule has 1 amide bonds. The molecule has 5 heteroatoms. The van der Waals surface area contributed by atoms with Crippen LogP contribution < -0.4 is 5.32 Å². The number of pyridine rings is 1. The van der Waals surface area contributed by atoms with Gasteiger partial charge in [-0.15, -0.1) is 0 Å². The van der Waals surface area contributed by atoms with Crippen LogP contribution >= 0.6 is 11.8 Å². The molecule has 0 aliphatic heterocycles. The molecular formula is C15H15FN2OS. The van der Waals surface area contributed by atoms with Gasteiger partial charge in [0, 0.05) is 12.7 Å². The summed E-state index contributed by atoms with van der Waals surface area (Å²) in [6.07, 6.45) is 1.70. The highest BCUT2D eigenvalue weighted by atomic mass is 32.2. The highest BCUT2D eigenvalue weighted by Crippen LogP contribution is 2.20. The highest BCUT2D eigenvalue weighted by Gasteiger charge is 2.14. The van der Waals surface area contributed by atoms with Gasteiger partial charge < -0.3 is 5.32 Å². The summed E-state index contributed by atoms with van der Waals surface area (Å²) < 4.78 is 12.8. The van der Waals surface area contributed by atoms with E-state index in [-0.39, 0.29) is 17.0 Å². The number of nitrogens with one attached hydrogen (secondary N) is 1. The Morgan fingerprint density at radius 3 is 2.70 bits per heavy atom. The lowest BCUT2D eigenvalue weighted by Gasteiger charge is -2.11. The van der Waals surface area contributed by atoms with Gasteiger partial charge in [-0.05, 0) is 36.8 Å². The van der Waals surface area contributed by atoms with E-state index in [2.05, 4.69) is 10.3 Å². The van der Waals surface area contributed by atoms with Gasteiger partial charge in [0.1, 0.15) is 5.82 Å². The minimum atomic E-state index is -0.279. The smallest absolute Gasteiger partial charge is 0.233 e. The average molecular weight is 290 g/mol. The largest absolute Gasteiger partial charge is 0.351 e. The number of thioether (sulfide) groups is 1. The third-order valence-corrected chi connectivity index (χ3v) is 3.74. The molecule has 0 saturated carbocycles. The molecule has 0 saturated heterocycles. The van der Waals surface area contributed by atoms with Crippen LogP contribution in [0.25, 0.3) is 0 Å². The van der Waals surface area contributed by atoms with Crippen molar-refractivity contribution in [1.82, 2.24) is 10.3 Å². The fourth-order valence-electron chi connectivity index (χ4n) is 1.59. The van der Waals surface area contributed by atoms with Crippen LogP contribution in [0.3, 0.4) is 0 Å². The molecule has 1 aromatic heterocycles. The summed E-state index contributed by atoms with van der Waals surface area (Å²) in [4.78, 5) is 16.1. The van der Waals surface area contributed by atoms with Gasteiger partial charge in [0.2, 0.25) is 5.91 Å². The Morgan fingerprint density at radius 2 is 2.05 bits per heavy atom. The minimum Gasteiger partial charge on any atom is -0.351 e. The lowest BCUT2D eigenvalue weighted by molar-refractivity contribution is -0.120. The zero-order chi connectivity index (χ0) is 14.4. The number of nitrogens with zero attached hydrogens (tertiary/aromatic N) is 1. The second-order valence-electron chi connectivity index (χ2n) is 4.27. The first-order valence-corrected chi connectivity index (χ1v) is 7.13. The van der Waals surface area contributed by atoms with Crippen molar-refractivity contribution in [3.63, 3.8) is 0 Å². The fourth-order valence-corrected chi connectivity index (χ4v) is 2.42. The Kier molecular flexibility index (Phi) is 5.12. The Hall–Kier alpha value is -1.88. The van der Waals surface area contributed by atoms with Crippen molar-refractivity contribution in [1.29, 1.82) is 0 Å². The third kappa shape index (κ3) is 4.35. The Bertz CT molecular complexity index is 560. The molecule has 20 heavy (non-hydrogen) atoms. The summed E-state index contributed by atoms with van der Waals surface area (Å²) >= 11 is 1.41. The first-order chi connectivity index (χ1) is 9.65. The van der Waals surface area contributed by atoms with E-state index in [1.54, 1.807) is 18.3 Å². The van der Waals surface area contributed by atoms with Crippen LogP contribution in [0.5, 0.6) is 0 Å². The molecule has 0 spiro atoms. The summed E-state index contributed by atoms with van der Waals surface area (Å²) in [7, 11) is 0. The second kappa shape index (κ2) is 7.05. The van der Waals surface area contributed by atoms with Gasteiger partial charge in [0.25, 0.3) is 0 Å². The van der Waals surface area contributed by atoms with E-state index in [0.717, 1.165) is 10.6 Å². The van der Waals surface area contributed by atoms with Gasteiger partial charge in [-0.3, -0.25) is 4.79 Å². The predicted octanol–water partition coefficient (Wildman–Crippen LogP) is 3.02. The molecule has 1 heterocycles. The van der Waals surface area contributed by atoms with Crippen molar-refractivity contribution in [2.24, 2.45) is 0 Å². The molecule has 0 aliphatic carbocycles. The van der Waals surface area contributed by atoms with Crippen molar-refractivity contribution in [3.8, 4) is 0 Å². The van der Waals surface area contributed by atoms with Gasteiger partial charge in [-0.1, -0.05) is 30.0 Å². The van der Waals surface area contributed by atoms with E-state index in [1.165, 1.54) is 23.9 Å². The molecule has 0 aliphatic rings. The zero-order valence-corrected chi connectivity index (χ0v) is 11.9. The van der Waals surface area contributed by atoms with E-state index >= 15 is 0 Å². The summed E-state index contributed by atoms with van der Waals surface area (Å²) in [6, 6.07) is 11.7. The number of amides is 1. The molecule has 1 N–H and O–H groups in total. The Balaban J connectivity index is 1.83. The maximum atomic E-state index is 12.8. The van der Waals surface area contributed by atoms with Crippen LogP contribution in [0.1, 0.15) is 12.5 Å². The lowest BCUT2D eigenvalue weighted by Crippen LogP contribution is -2.30. The molecule has 2 rings (SSSR count). The topological polar surface area (TPSA) is 42.0 Å². The monoisotopic (exact) mass is 290 g/mol. The SMILES string of the molecule is C[C@H](Sc1ccccn1)C(=O)NCc1ccc(F)cc1. The quantitative estimate of drug-likeness (QED) is 0.861. The zero-order valence-electron chi connectivity index (χ0n) is 11.0. The van der Waals surface area contributed by atoms with Gasteiger partial charge in [0.15, 0.2) is 0 Å². The highest BCUT2D eigenvalue weighted by molar-refractivity contribution is 8.00. The Labute approximate surface area is 121 Å². The average Bonchev–Trinajstić information content (AvgIpc) is 2.47. The lowest BCUT2D eigenvalue weighted by atomic mass is 10.2. The number of carbonyl (C=O) groups excluding carboxylic acids is 1. The number of benzene rings is 1. The first-order valence-electron chi connectivity index (χ1n) is 6.25. The van der Waals surface area contributed by atoms with E-state index < -0.39 is 0 Å². The normalized spacial score (nSPS) is 11.9. The van der Waals surface area contributed by atoms with Crippen LogP contribution in [0.4, 0.5) is 4.39 Å². The first kappa shape index (κ1) is 14.5. The number of hydrogen-bond donors (Lipinski definition) is 1. The number of hydrogen-bond acceptors (Lipinski definition) is 3. The molecule has 1 aromatic carbocycles.